The van der Waals surface area contributed by atoms with Crippen LogP contribution in [-0.2, 0) is 10.0 Å². The van der Waals surface area contributed by atoms with Crippen LogP contribution in [0, 0.1) is 0 Å². The lowest BCUT2D eigenvalue weighted by Gasteiger charge is -2.11. The Morgan fingerprint density at radius 1 is 0.926 bits per heavy atom. The molecule has 0 aromatic heterocycles. The summed E-state index contributed by atoms with van der Waals surface area (Å²) in [4.78, 5) is 0.0665. The maximum atomic E-state index is 12.7. The van der Waals surface area contributed by atoms with E-state index in [9.17, 15) is 8.42 Å². The Labute approximate surface area is 163 Å². The van der Waals surface area contributed by atoms with Crippen molar-refractivity contribution in [3.8, 4) is 5.75 Å². The van der Waals surface area contributed by atoms with Gasteiger partial charge in [0.05, 0.1) is 12.0 Å². The zero-order valence-corrected chi connectivity index (χ0v) is 16.0. The first kappa shape index (κ1) is 18.9. The summed E-state index contributed by atoms with van der Waals surface area (Å²) in [5.41, 5.74) is 1.33. The number of amidine groups is 1. The second-order valence-corrected chi connectivity index (χ2v) is 7.63. The van der Waals surface area contributed by atoms with Gasteiger partial charge in [-0.2, -0.15) is 8.42 Å². The van der Waals surface area contributed by atoms with E-state index < -0.39 is 10.0 Å². The molecule has 0 amide bonds. The Morgan fingerprint density at radius 2 is 1.56 bits per heavy atom. The number of nitrogens with one attached hydrogen (secondary N) is 1. The average Bonchev–Trinajstić information content (AvgIpc) is 2.69. The minimum Gasteiger partial charge on any atom is -0.497 e. The highest BCUT2D eigenvalue weighted by molar-refractivity contribution is 7.90. The zero-order chi connectivity index (χ0) is 19.3. The van der Waals surface area contributed by atoms with Gasteiger partial charge in [-0.25, -0.2) is 0 Å². The maximum Gasteiger partial charge on any atom is 0.284 e. The third kappa shape index (κ3) is 4.87. The van der Waals surface area contributed by atoms with Crippen molar-refractivity contribution in [2.45, 2.75) is 4.90 Å². The monoisotopic (exact) mass is 400 g/mol. The number of benzene rings is 3. The summed E-state index contributed by atoms with van der Waals surface area (Å²) < 4.78 is 34.6. The predicted molar refractivity (Wildman–Crippen MR) is 108 cm³/mol. The number of sulfonamides is 1. The summed E-state index contributed by atoms with van der Waals surface area (Å²) in [6.07, 6.45) is 0. The molecule has 0 saturated carbocycles. The molecule has 0 saturated heterocycles. The van der Waals surface area contributed by atoms with Crippen molar-refractivity contribution in [2.24, 2.45) is 4.40 Å². The van der Waals surface area contributed by atoms with Gasteiger partial charge < -0.3 is 10.1 Å². The number of rotatable bonds is 5. The highest BCUT2D eigenvalue weighted by Crippen LogP contribution is 2.20. The van der Waals surface area contributed by atoms with Crippen molar-refractivity contribution >= 4 is 33.1 Å². The second-order valence-electron chi connectivity index (χ2n) is 5.59. The largest absolute Gasteiger partial charge is 0.497 e. The van der Waals surface area contributed by atoms with Gasteiger partial charge in [-0.1, -0.05) is 41.9 Å². The molecule has 0 aliphatic rings. The normalized spacial score (nSPS) is 11.9. The van der Waals surface area contributed by atoms with Crippen molar-refractivity contribution in [1.29, 1.82) is 0 Å². The standard InChI is InChI=1S/C20H17ClN2O3S/c1-26-18-11-9-17(10-12-18)22-20(15-5-3-2-4-6-15)23-27(24,25)19-13-7-16(21)8-14-19/h2-14H,1H3,(H,22,23). The molecule has 0 spiro atoms. The zero-order valence-electron chi connectivity index (χ0n) is 14.5. The maximum absolute atomic E-state index is 12.7. The third-order valence-corrected chi connectivity index (χ3v) is 5.27. The molecule has 0 atom stereocenters. The molecule has 0 radical (unpaired) electrons. The fourth-order valence-electron chi connectivity index (χ4n) is 2.33. The summed E-state index contributed by atoms with van der Waals surface area (Å²) in [6.45, 7) is 0. The summed E-state index contributed by atoms with van der Waals surface area (Å²) in [7, 11) is -2.33. The summed E-state index contributed by atoms with van der Waals surface area (Å²) in [6, 6.07) is 22.1. The SMILES string of the molecule is COc1ccc(N/C(=N\S(=O)(=O)c2ccc(Cl)cc2)c2ccccc2)cc1. The predicted octanol–water partition coefficient (Wildman–Crippen LogP) is 4.60. The molecule has 0 aliphatic heterocycles. The molecule has 0 bridgehead atoms. The Bertz CT molecular complexity index is 1030. The van der Waals surface area contributed by atoms with Gasteiger partial charge in [-0.15, -0.1) is 4.40 Å². The van der Waals surface area contributed by atoms with E-state index in [1.54, 1.807) is 43.5 Å². The Hall–Kier alpha value is -2.83. The van der Waals surface area contributed by atoms with E-state index in [-0.39, 0.29) is 10.7 Å². The van der Waals surface area contributed by atoms with Crippen LogP contribution in [-0.4, -0.2) is 21.4 Å². The molecule has 0 aliphatic carbocycles. The summed E-state index contributed by atoms with van der Waals surface area (Å²) >= 11 is 5.84. The number of hydrogen-bond donors (Lipinski definition) is 1. The third-order valence-electron chi connectivity index (χ3n) is 3.72. The molecule has 27 heavy (non-hydrogen) atoms. The quantitative estimate of drug-likeness (QED) is 0.502. The smallest absolute Gasteiger partial charge is 0.284 e. The number of ether oxygens (including phenoxy) is 1. The minimum atomic E-state index is -3.92. The van der Waals surface area contributed by atoms with E-state index in [0.717, 1.165) is 0 Å². The first-order chi connectivity index (χ1) is 13.0. The number of hydrogen-bond acceptors (Lipinski definition) is 3. The molecule has 0 fully saturated rings. The molecular weight excluding hydrogens is 384 g/mol. The van der Waals surface area contributed by atoms with Crippen molar-refractivity contribution < 1.29 is 13.2 Å². The lowest BCUT2D eigenvalue weighted by molar-refractivity contribution is 0.415. The first-order valence-corrected chi connectivity index (χ1v) is 9.87. The Kier molecular flexibility index (Phi) is 5.78. The lowest BCUT2D eigenvalue weighted by Crippen LogP contribution is -2.16. The fourth-order valence-corrected chi connectivity index (χ4v) is 3.44. The second kappa shape index (κ2) is 8.24. The number of methoxy groups -OCH3 is 1. The molecule has 7 heteroatoms. The summed E-state index contributed by atoms with van der Waals surface area (Å²) in [5.74, 6) is 0.920. The van der Waals surface area contributed by atoms with Gasteiger partial charge in [-0.3, -0.25) is 0 Å². The van der Waals surface area contributed by atoms with Gasteiger partial charge in [0, 0.05) is 16.3 Å². The van der Waals surface area contributed by atoms with Crippen LogP contribution in [0.2, 0.25) is 5.02 Å². The molecule has 5 nitrogen and oxygen atoms in total. The van der Waals surface area contributed by atoms with Crippen LogP contribution in [0.15, 0.2) is 88.2 Å². The van der Waals surface area contributed by atoms with E-state index in [4.69, 9.17) is 16.3 Å². The van der Waals surface area contributed by atoms with Gasteiger partial charge in [0.2, 0.25) is 0 Å². The average molecular weight is 401 g/mol. The van der Waals surface area contributed by atoms with Crippen molar-refractivity contribution in [3.63, 3.8) is 0 Å². The minimum absolute atomic E-state index is 0.0665. The van der Waals surface area contributed by atoms with Crippen LogP contribution in [0.4, 0.5) is 5.69 Å². The van der Waals surface area contributed by atoms with Crippen LogP contribution in [0.3, 0.4) is 0 Å². The molecule has 1 N–H and O–H groups in total. The molecule has 3 aromatic rings. The highest BCUT2D eigenvalue weighted by Gasteiger charge is 2.16. The summed E-state index contributed by atoms with van der Waals surface area (Å²) in [5, 5.41) is 3.53. The Balaban J connectivity index is 2.01. The highest BCUT2D eigenvalue weighted by atomic mass is 35.5. The number of halogens is 1. The van der Waals surface area contributed by atoms with Crippen molar-refractivity contribution in [2.75, 3.05) is 12.4 Å². The number of nitrogens with zero attached hydrogens (tertiary/aromatic N) is 1. The Morgan fingerprint density at radius 3 is 2.15 bits per heavy atom. The van der Waals surface area contributed by atoms with Crippen LogP contribution in [0.1, 0.15) is 5.56 Å². The number of anilines is 1. The lowest BCUT2D eigenvalue weighted by atomic mass is 10.2. The van der Waals surface area contributed by atoms with E-state index in [1.807, 2.05) is 18.2 Å². The van der Waals surface area contributed by atoms with Crippen LogP contribution >= 0.6 is 11.6 Å². The van der Waals surface area contributed by atoms with Gasteiger partial charge in [0.25, 0.3) is 10.0 Å². The van der Waals surface area contributed by atoms with E-state index in [1.165, 1.54) is 24.3 Å². The topological polar surface area (TPSA) is 67.8 Å². The van der Waals surface area contributed by atoms with Gasteiger partial charge in [0.15, 0.2) is 5.84 Å². The van der Waals surface area contributed by atoms with Crippen LogP contribution < -0.4 is 10.1 Å². The molecule has 138 valence electrons. The first-order valence-electron chi connectivity index (χ1n) is 8.05. The van der Waals surface area contributed by atoms with Crippen LogP contribution in [0.5, 0.6) is 5.75 Å². The van der Waals surface area contributed by atoms with Crippen molar-refractivity contribution in [1.82, 2.24) is 0 Å². The molecular formula is C20H17ClN2O3S. The van der Waals surface area contributed by atoms with Crippen molar-refractivity contribution in [3.05, 3.63) is 89.4 Å². The van der Waals surface area contributed by atoms with Crippen LogP contribution in [0.25, 0.3) is 0 Å². The van der Waals surface area contributed by atoms with Gasteiger partial charge >= 0.3 is 0 Å². The molecule has 3 aromatic carbocycles. The fraction of sp³-hybridized carbons (Fsp3) is 0.0500. The van der Waals surface area contributed by atoms with E-state index >= 15 is 0 Å². The molecule has 0 unspecified atom stereocenters. The van der Waals surface area contributed by atoms with Gasteiger partial charge in [0.1, 0.15) is 5.75 Å². The van der Waals surface area contributed by atoms with E-state index in [2.05, 4.69) is 9.71 Å². The molecule has 0 heterocycles. The van der Waals surface area contributed by atoms with E-state index in [0.29, 0.717) is 22.0 Å². The molecule has 3 rings (SSSR count). The van der Waals surface area contributed by atoms with Gasteiger partial charge in [-0.05, 0) is 48.5 Å².